The van der Waals surface area contributed by atoms with E-state index in [1.165, 1.54) is 19.2 Å². The van der Waals surface area contributed by atoms with E-state index in [0.29, 0.717) is 5.69 Å². The van der Waals surface area contributed by atoms with Crippen molar-refractivity contribution in [2.75, 3.05) is 12.4 Å². The minimum atomic E-state index is -0.556. The minimum absolute atomic E-state index is 0.200. The van der Waals surface area contributed by atoms with Crippen LogP contribution in [0.1, 0.15) is 10.4 Å². The van der Waals surface area contributed by atoms with Gasteiger partial charge in [-0.2, -0.15) is 0 Å². The third kappa shape index (κ3) is 2.84. The van der Waals surface area contributed by atoms with E-state index in [2.05, 4.69) is 16.6 Å². The smallest absolute Gasteiger partial charge is 0.339 e. The van der Waals surface area contributed by atoms with Gasteiger partial charge in [0.1, 0.15) is 0 Å². The topological polar surface area (TPSA) is 55.4 Å². The third-order valence-corrected chi connectivity index (χ3v) is 2.15. The van der Waals surface area contributed by atoms with Crippen molar-refractivity contribution in [2.24, 2.45) is 0 Å². The number of carbonyl (C=O) groups excluding carboxylic acids is 2. The van der Waals surface area contributed by atoms with Crippen molar-refractivity contribution in [2.45, 2.75) is 0 Å². The van der Waals surface area contributed by atoms with Crippen LogP contribution in [0.2, 0.25) is 5.02 Å². The molecule has 1 aromatic carbocycles. The van der Waals surface area contributed by atoms with Crippen molar-refractivity contribution in [1.82, 2.24) is 0 Å². The van der Waals surface area contributed by atoms with Gasteiger partial charge >= 0.3 is 5.97 Å². The molecule has 0 aliphatic carbocycles. The second-order valence-corrected chi connectivity index (χ2v) is 3.29. The first-order valence-electron chi connectivity index (χ1n) is 4.39. The number of rotatable bonds is 3. The molecule has 1 aromatic rings. The van der Waals surface area contributed by atoms with Crippen molar-refractivity contribution in [3.63, 3.8) is 0 Å². The standard InChI is InChI=1S/C11H10ClNO3/c1-3-10(14)13-7-4-5-9(12)8(6-7)11(15)16-2/h3-6H,1H2,2H3,(H,13,14). The number of nitrogens with one attached hydrogen (secondary N) is 1. The van der Waals surface area contributed by atoms with E-state index >= 15 is 0 Å². The first kappa shape index (κ1) is 12.3. The van der Waals surface area contributed by atoms with E-state index in [9.17, 15) is 9.59 Å². The zero-order chi connectivity index (χ0) is 12.1. The van der Waals surface area contributed by atoms with Crippen LogP contribution in [-0.4, -0.2) is 19.0 Å². The molecule has 0 heterocycles. The first-order valence-corrected chi connectivity index (χ1v) is 4.77. The first-order chi connectivity index (χ1) is 7.58. The molecule has 0 spiro atoms. The number of amides is 1. The van der Waals surface area contributed by atoms with Gasteiger partial charge in [0.05, 0.1) is 17.7 Å². The highest BCUT2D eigenvalue weighted by molar-refractivity contribution is 6.33. The Morgan fingerprint density at radius 2 is 2.19 bits per heavy atom. The van der Waals surface area contributed by atoms with Crippen LogP contribution in [0.5, 0.6) is 0 Å². The van der Waals surface area contributed by atoms with Crippen molar-refractivity contribution in [1.29, 1.82) is 0 Å². The van der Waals surface area contributed by atoms with Gasteiger partial charge in [-0.3, -0.25) is 4.79 Å². The Balaban J connectivity index is 3.02. The molecule has 5 heteroatoms. The summed E-state index contributed by atoms with van der Waals surface area (Å²) in [5.41, 5.74) is 0.653. The van der Waals surface area contributed by atoms with Crippen molar-refractivity contribution < 1.29 is 14.3 Å². The molecule has 0 bridgehead atoms. The molecule has 1 N–H and O–H groups in total. The van der Waals surface area contributed by atoms with Gasteiger partial charge < -0.3 is 10.1 Å². The molecule has 1 amide bonds. The Bertz CT molecular complexity index is 443. The molecule has 0 aromatic heterocycles. The highest BCUT2D eigenvalue weighted by Crippen LogP contribution is 2.21. The van der Waals surface area contributed by atoms with E-state index in [4.69, 9.17) is 11.6 Å². The summed E-state index contributed by atoms with van der Waals surface area (Å²) in [6.07, 6.45) is 1.13. The lowest BCUT2D eigenvalue weighted by molar-refractivity contribution is -0.111. The Hall–Kier alpha value is -1.81. The van der Waals surface area contributed by atoms with E-state index in [1.54, 1.807) is 6.07 Å². The number of hydrogen-bond donors (Lipinski definition) is 1. The van der Waals surface area contributed by atoms with Gasteiger partial charge in [-0.25, -0.2) is 4.79 Å². The Kier molecular flexibility index (Phi) is 4.08. The van der Waals surface area contributed by atoms with Crippen LogP contribution in [-0.2, 0) is 9.53 Å². The summed E-state index contributed by atoms with van der Waals surface area (Å²) in [5, 5.41) is 2.78. The predicted molar refractivity (Wildman–Crippen MR) is 61.6 cm³/mol. The summed E-state index contributed by atoms with van der Waals surface area (Å²) in [6.45, 7) is 3.32. The summed E-state index contributed by atoms with van der Waals surface area (Å²) >= 11 is 5.81. The summed E-state index contributed by atoms with van der Waals surface area (Å²) < 4.78 is 4.55. The molecule has 84 valence electrons. The molecule has 0 radical (unpaired) electrons. The fraction of sp³-hybridized carbons (Fsp3) is 0.0909. The lowest BCUT2D eigenvalue weighted by Crippen LogP contribution is -2.09. The maximum absolute atomic E-state index is 11.3. The molecule has 4 nitrogen and oxygen atoms in total. The van der Waals surface area contributed by atoms with Gasteiger partial charge in [0.25, 0.3) is 0 Å². The summed E-state index contributed by atoms with van der Waals surface area (Å²) in [6, 6.07) is 4.53. The van der Waals surface area contributed by atoms with E-state index in [1.807, 2.05) is 0 Å². The maximum Gasteiger partial charge on any atom is 0.339 e. The highest BCUT2D eigenvalue weighted by atomic mass is 35.5. The molecule has 0 unspecified atom stereocenters. The molecule has 0 saturated carbocycles. The second-order valence-electron chi connectivity index (χ2n) is 2.88. The SMILES string of the molecule is C=CC(=O)Nc1ccc(Cl)c(C(=O)OC)c1. The average molecular weight is 240 g/mol. The highest BCUT2D eigenvalue weighted by Gasteiger charge is 2.11. The maximum atomic E-state index is 11.3. The largest absolute Gasteiger partial charge is 0.465 e. The Morgan fingerprint density at radius 3 is 2.75 bits per heavy atom. The van der Waals surface area contributed by atoms with Crippen LogP contribution in [0, 0.1) is 0 Å². The average Bonchev–Trinajstić information content (AvgIpc) is 2.30. The Morgan fingerprint density at radius 1 is 1.50 bits per heavy atom. The van der Waals surface area contributed by atoms with E-state index in [0.717, 1.165) is 6.08 Å². The number of halogens is 1. The van der Waals surface area contributed by atoms with Gasteiger partial charge in [0, 0.05) is 5.69 Å². The van der Waals surface area contributed by atoms with E-state index < -0.39 is 5.97 Å². The number of ether oxygens (including phenoxy) is 1. The van der Waals surface area contributed by atoms with Crippen molar-refractivity contribution in [3.8, 4) is 0 Å². The number of esters is 1. The third-order valence-electron chi connectivity index (χ3n) is 1.82. The molecule has 1 rings (SSSR count). The summed E-state index contributed by atoms with van der Waals surface area (Å²) in [5.74, 6) is -0.919. The lowest BCUT2D eigenvalue weighted by atomic mass is 10.2. The molecule has 0 atom stereocenters. The quantitative estimate of drug-likeness (QED) is 0.650. The van der Waals surface area contributed by atoms with Crippen LogP contribution in [0.3, 0.4) is 0 Å². The summed E-state index contributed by atoms with van der Waals surface area (Å²) in [7, 11) is 1.26. The monoisotopic (exact) mass is 239 g/mol. The number of anilines is 1. The van der Waals surface area contributed by atoms with Gasteiger partial charge in [-0.1, -0.05) is 18.2 Å². The van der Waals surface area contributed by atoms with Crippen LogP contribution >= 0.6 is 11.6 Å². The number of hydrogen-bond acceptors (Lipinski definition) is 3. The van der Waals surface area contributed by atoms with Gasteiger partial charge in [-0.05, 0) is 24.3 Å². The van der Waals surface area contributed by atoms with Gasteiger partial charge in [0.15, 0.2) is 0 Å². The molecule has 0 aliphatic rings. The Labute approximate surface area is 97.9 Å². The fourth-order valence-electron chi connectivity index (χ4n) is 1.06. The molecule has 16 heavy (non-hydrogen) atoms. The molecule has 0 fully saturated rings. The normalized spacial score (nSPS) is 9.38. The molecular weight excluding hydrogens is 230 g/mol. The molecule has 0 saturated heterocycles. The van der Waals surface area contributed by atoms with Gasteiger partial charge in [-0.15, -0.1) is 0 Å². The zero-order valence-electron chi connectivity index (χ0n) is 8.62. The number of carbonyl (C=O) groups is 2. The predicted octanol–water partition coefficient (Wildman–Crippen LogP) is 2.25. The molecular formula is C11H10ClNO3. The van der Waals surface area contributed by atoms with Crippen LogP contribution < -0.4 is 5.32 Å². The van der Waals surface area contributed by atoms with Gasteiger partial charge in [0.2, 0.25) is 5.91 Å². The number of methoxy groups -OCH3 is 1. The molecule has 0 aliphatic heterocycles. The van der Waals surface area contributed by atoms with Crippen molar-refractivity contribution >= 4 is 29.2 Å². The van der Waals surface area contributed by atoms with Crippen LogP contribution in [0.15, 0.2) is 30.9 Å². The number of benzene rings is 1. The fourth-order valence-corrected chi connectivity index (χ4v) is 1.26. The second kappa shape index (κ2) is 5.32. The van der Waals surface area contributed by atoms with Crippen LogP contribution in [0.4, 0.5) is 5.69 Å². The van der Waals surface area contributed by atoms with E-state index in [-0.39, 0.29) is 16.5 Å². The summed E-state index contributed by atoms with van der Waals surface area (Å²) in [4.78, 5) is 22.3. The van der Waals surface area contributed by atoms with Crippen molar-refractivity contribution in [3.05, 3.63) is 41.4 Å². The van der Waals surface area contributed by atoms with Crippen LogP contribution in [0.25, 0.3) is 0 Å². The lowest BCUT2D eigenvalue weighted by Gasteiger charge is -2.06. The zero-order valence-corrected chi connectivity index (χ0v) is 9.38. The minimum Gasteiger partial charge on any atom is -0.465 e.